The van der Waals surface area contributed by atoms with Crippen molar-refractivity contribution >= 4 is 16.9 Å². The van der Waals surface area contributed by atoms with Gasteiger partial charge in [-0.3, -0.25) is 4.99 Å². The third-order valence-corrected chi connectivity index (χ3v) is 3.42. The molecule has 1 heterocycles. The topological polar surface area (TPSA) is 24.4 Å². The van der Waals surface area contributed by atoms with Crippen molar-refractivity contribution < 1.29 is 0 Å². The molecule has 1 aliphatic rings. The first-order chi connectivity index (χ1) is 5.27. The fourth-order valence-corrected chi connectivity index (χ4v) is 2.55. The van der Waals surface area contributed by atoms with E-state index in [-0.39, 0.29) is 0 Å². The monoisotopic (exact) mass is 172 g/mol. The van der Waals surface area contributed by atoms with Gasteiger partial charge in [0.05, 0.1) is 0 Å². The van der Waals surface area contributed by atoms with Crippen LogP contribution in [0.15, 0.2) is 4.99 Å². The van der Waals surface area contributed by atoms with Crippen molar-refractivity contribution in [2.24, 2.45) is 4.99 Å². The second-order valence-corrected chi connectivity index (χ2v) is 4.13. The molecule has 0 amide bonds. The lowest BCUT2D eigenvalue weighted by Crippen LogP contribution is -2.27. The molecule has 2 atom stereocenters. The van der Waals surface area contributed by atoms with Crippen LogP contribution in [0.1, 0.15) is 26.7 Å². The average molecular weight is 172 g/mol. The molecular formula is C8H16N2S. The van der Waals surface area contributed by atoms with Gasteiger partial charge >= 0.3 is 0 Å². The lowest BCUT2D eigenvalue weighted by atomic mass is 10.1. The van der Waals surface area contributed by atoms with Gasteiger partial charge in [-0.15, -0.1) is 0 Å². The molecule has 1 aliphatic heterocycles. The van der Waals surface area contributed by atoms with Crippen LogP contribution in [0.5, 0.6) is 0 Å². The molecule has 0 radical (unpaired) electrons. The summed E-state index contributed by atoms with van der Waals surface area (Å²) in [6.45, 7) is 4.46. The van der Waals surface area contributed by atoms with Crippen LogP contribution in [-0.4, -0.2) is 23.5 Å². The first-order valence-electron chi connectivity index (χ1n) is 4.18. The average Bonchev–Trinajstić information content (AvgIpc) is 2.33. The molecule has 0 aromatic carbocycles. The third-order valence-electron chi connectivity index (χ3n) is 1.95. The summed E-state index contributed by atoms with van der Waals surface area (Å²) in [7, 11) is 1.84. The van der Waals surface area contributed by atoms with E-state index < -0.39 is 0 Å². The second-order valence-electron chi connectivity index (χ2n) is 2.91. The van der Waals surface area contributed by atoms with E-state index in [4.69, 9.17) is 0 Å². The van der Waals surface area contributed by atoms with E-state index in [2.05, 4.69) is 24.2 Å². The van der Waals surface area contributed by atoms with Crippen LogP contribution in [0.25, 0.3) is 0 Å². The van der Waals surface area contributed by atoms with Gasteiger partial charge < -0.3 is 5.32 Å². The van der Waals surface area contributed by atoms with Gasteiger partial charge in [-0.05, 0) is 13.3 Å². The van der Waals surface area contributed by atoms with E-state index in [0.717, 1.165) is 10.4 Å². The molecule has 0 spiro atoms. The van der Waals surface area contributed by atoms with Crippen LogP contribution in [0, 0.1) is 0 Å². The number of aliphatic imine (C=N–C) groups is 1. The predicted molar refractivity (Wildman–Crippen MR) is 52.2 cm³/mol. The Morgan fingerprint density at radius 3 is 2.82 bits per heavy atom. The fourth-order valence-electron chi connectivity index (χ4n) is 1.28. The van der Waals surface area contributed by atoms with Gasteiger partial charge in [0.25, 0.3) is 0 Å². The Balaban J connectivity index is 2.45. The van der Waals surface area contributed by atoms with E-state index in [1.807, 2.05) is 18.8 Å². The van der Waals surface area contributed by atoms with Gasteiger partial charge in [0.2, 0.25) is 0 Å². The Kier molecular flexibility index (Phi) is 3.24. The smallest absolute Gasteiger partial charge is 0.156 e. The maximum atomic E-state index is 4.14. The molecule has 1 saturated heterocycles. The maximum Gasteiger partial charge on any atom is 0.156 e. The summed E-state index contributed by atoms with van der Waals surface area (Å²) in [5, 5.41) is 5.19. The zero-order chi connectivity index (χ0) is 8.27. The number of amidine groups is 1. The van der Waals surface area contributed by atoms with Gasteiger partial charge in [0.15, 0.2) is 5.17 Å². The zero-order valence-corrected chi connectivity index (χ0v) is 8.24. The summed E-state index contributed by atoms with van der Waals surface area (Å²) < 4.78 is 0. The highest BCUT2D eigenvalue weighted by Crippen LogP contribution is 2.26. The summed E-state index contributed by atoms with van der Waals surface area (Å²) in [5.41, 5.74) is 0. The van der Waals surface area contributed by atoms with Gasteiger partial charge in [-0.2, -0.15) is 0 Å². The molecule has 11 heavy (non-hydrogen) atoms. The molecule has 3 heteroatoms. The first-order valence-corrected chi connectivity index (χ1v) is 5.06. The van der Waals surface area contributed by atoms with Crippen LogP contribution in [0.3, 0.4) is 0 Å². The molecular weight excluding hydrogens is 156 g/mol. The van der Waals surface area contributed by atoms with Crippen LogP contribution < -0.4 is 5.32 Å². The Morgan fingerprint density at radius 2 is 2.36 bits per heavy atom. The maximum absolute atomic E-state index is 4.14. The van der Waals surface area contributed by atoms with Crippen molar-refractivity contribution in [3.8, 4) is 0 Å². The molecule has 0 bridgehead atoms. The molecule has 0 aliphatic carbocycles. The first kappa shape index (κ1) is 8.91. The van der Waals surface area contributed by atoms with E-state index in [9.17, 15) is 0 Å². The fraction of sp³-hybridized carbons (Fsp3) is 0.875. The second kappa shape index (κ2) is 4.00. The van der Waals surface area contributed by atoms with Crippen molar-refractivity contribution in [3.63, 3.8) is 0 Å². The standard InChI is InChI=1S/C8H16N2S/c1-4-5-7-6(2)10-8(9-3)11-7/h6-7H,4-5H2,1-3H3,(H,9,10). The number of rotatable bonds is 2. The van der Waals surface area contributed by atoms with Gasteiger partial charge in [-0.25, -0.2) is 0 Å². The molecule has 64 valence electrons. The van der Waals surface area contributed by atoms with Crippen LogP contribution >= 0.6 is 11.8 Å². The van der Waals surface area contributed by atoms with E-state index >= 15 is 0 Å². The van der Waals surface area contributed by atoms with Crippen molar-refractivity contribution in [2.45, 2.75) is 38.0 Å². The Bertz CT molecular complexity index is 156. The Labute approximate surface area is 72.9 Å². The zero-order valence-electron chi connectivity index (χ0n) is 7.42. The van der Waals surface area contributed by atoms with Crippen LogP contribution in [0.2, 0.25) is 0 Å². The molecule has 0 saturated carbocycles. The summed E-state index contributed by atoms with van der Waals surface area (Å²) in [4.78, 5) is 4.14. The molecule has 1 fully saturated rings. The Morgan fingerprint density at radius 1 is 1.64 bits per heavy atom. The summed E-state index contributed by atoms with van der Waals surface area (Å²) >= 11 is 1.88. The lowest BCUT2D eigenvalue weighted by Gasteiger charge is -2.10. The minimum atomic E-state index is 0.596. The minimum absolute atomic E-state index is 0.596. The normalized spacial score (nSPS) is 34.3. The lowest BCUT2D eigenvalue weighted by molar-refractivity contribution is 0.604. The number of hydrogen-bond donors (Lipinski definition) is 1. The number of nitrogens with one attached hydrogen (secondary N) is 1. The van der Waals surface area contributed by atoms with Gasteiger partial charge in [0.1, 0.15) is 0 Å². The highest BCUT2D eigenvalue weighted by molar-refractivity contribution is 8.14. The van der Waals surface area contributed by atoms with E-state index in [0.29, 0.717) is 6.04 Å². The molecule has 0 aromatic heterocycles. The number of hydrogen-bond acceptors (Lipinski definition) is 2. The summed E-state index contributed by atoms with van der Waals surface area (Å²) in [6.07, 6.45) is 2.55. The highest BCUT2D eigenvalue weighted by atomic mass is 32.2. The number of thioether (sulfide) groups is 1. The largest absolute Gasteiger partial charge is 0.361 e. The van der Waals surface area contributed by atoms with Crippen molar-refractivity contribution in [2.75, 3.05) is 7.05 Å². The summed E-state index contributed by atoms with van der Waals surface area (Å²) in [6, 6.07) is 0.596. The predicted octanol–water partition coefficient (Wildman–Crippen LogP) is 1.87. The minimum Gasteiger partial charge on any atom is -0.361 e. The SMILES string of the molecule is CCCC1SC(=NC)NC1C. The van der Waals surface area contributed by atoms with Crippen LogP contribution in [0.4, 0.5) is 0 Å². The van der Waals surface area contributed by atoms with Gasteiger partial charge in [0, 0.05) is 18.3 Å². The van der Waals surface area contributed by atoms with E-state index in [1.165, 1.54) is 12.8 Å². The molecule has 0 aromatic rings. The van der Waals surface area contributed by atoms with Crippen LogP contribution in [-0.2, 0) is 0 Å². The quantitative estimate of drug-likeness (QED) is 0.687. The van der Waals surface area contributed by atoms with Gasteiger partial charge in [-0.1, -0.05) is 25.1 Å². The third kappa shape index (κ3) is 2.12. The van der Waals surface area contributed by atoms with Crippen molar-refractivity contribution in [3.05, 3.63) is 0 Å². The number of nitrogens with zero attached hydrogens (tertiary/aromatic N) is 1. The summed E-state index contributed by atoms with van der Waals surface area (Å²) in [5.74, 6) is 0. The molecule has 2 nitrogen and oxygen atoms in total. The highest BCUT2D eigenvalue weighted by Gasteiger charge is 2.26. The molecule has 1 rings (SSSR count). The van der Waals surface area contributed by atoms with Crippen molar-refractivity contribution in [1.29, 1.82) is 0 Å². The van der Waals surface area contributed by atoms with Crippen molar-refractivity contribution in [1.82, 2.24) is 5.32 Å². The molecule has 2 unspecified atom stereocenters. The van der Waals surface area contributed by atoms with E-state index in [1.54, 1.807) is 0 Å². The Hall–Kier alpha value is -0.180. The molecule has 1 N–H and O–H groups in total.